The van der Waals surface area contributed by atoms with Crippen LogP contribution in [0.5, 0.6) is 0 Å². The van der Waals surface area contributed by atoms with Crippen molar-refractivity contribution in [1.82, 2.24) is 19.9 Å². The molecule has 2 aromatic heterocycles. The van der Waals surface area contributed by atoms with Crippen molar-refractivity contribution in [2.75, 3.05) is 0 Å². The van der Waals surface area contributed by atoms with E-state index < -0.39 is 0 Å². The van der Waals surface area contributed by atoms with Crippen molar-refractivity contribution in [1.29, 1.82) is 0 Å². The summed E-state index contributed by atoms with van der Waals surface area (Å²) in [5.74, 6) is 1.80. The first kappa shape index (κ1) is 29.9. The lowest BCUT2D eigenvalue weighted by Crippen LogP contribution is -2.02. The van der Waals surface area contributed by atoms with Gasteiger partial charge in [0.2, 0.25) is 0 Å². The molecule has 4 nitrogen and oxygen atoms in total. The van der Waals surface area contributed by atoms with Crippen molar-refractivity contribution in [3.05, 3.63) is 182 Å². The Morgan fingerprint density at radius 2 is 0.694 bits per heavy atom. The smallest absolute Gasteiger partial charge is 0.165 e. The highest BCUT2D eigenvalue weighted by Crippen LogP contribution is 2.38. The van der Waals surface area contributed by atoms with Gasteiger partial charge in [-0.2, -0.15) is 0 Å². The summed E-state index contributed by atoms with van der Waals surface area (Å²) in [6.07, 6.45) is 1.80. The Bertz CT molecular complexity index is 2230. The molecule has 0 spiro atoms. The Balaban J connectivity index is 1.33. The summed E-state index contributed by atoms with van der Waals surface area (Å²) < 4.78 is 0. The number of benzene rings is 6. The van der Waals surface area contributed by atoms with Crippen LogP contribution in [0.1, 0.15) is 5.69 Å². The van der Waals surface area contributed by atoms with E-state index in [4.69, 9.17) is 15.0 Å². The molecule has 0 bridgehead atoms. The van der Waals surface area contributed by atoms with Gasteiger partial charge >= 0.3 is 0 Å². The van der Waals surface area contributed by atoms with Crippen molar-refractivity contribution < 1.29 is 0 Å². The summed E-state index contributed by atoms with van der Waals surface area (Å²) in [6, 6.07) is 58.9. The van der Waals surface area contributed by atoms with Gasteiger partial charge in [-0.1, -0.05) is 146 Å². The highest BCUT2D eigenvalue weighted by molar-refractivity contribution is 5.88. The van der Waals surface area contributed by atoms with Gasteiger partial charge in [0.25, 0.3) is 0 Å². The van der Waals surface area contributed by atoms with Gasteiger partial charge in [0.1, 0.15) is 0 Å². The molecule has 0 aliphatic rings. The maximum absolute atomic E-state index is 5.16. The van der Waals surface area contributed by atoms with Crippen LogP contribution < -0.4 is 0 Å². The lowest BCUT2D eigenvalue weighted by molar-refractivity contribution is 1.06. The minimum Gasteiger partial charge on any atom is -0.261 e. The first-order valence-electron chi connectivity index (χ1n) is 16.4. The summed E-state index contributed by atoms with van der Waals surface area (Å²) in [4.78, 5) is 19.9. The minimum absolute atomic E-state index is 0.590. The molecule has 0 atom stereocenters. The molecule has 0 saturated carbocycles. The van der Waals surface area contributed by atoms with E-state index >= 15 is 0 Å². The molecule has 0 aliphatic heterocycles. The van der Waals surface area contributed by atoms with Crippen LogP contribution >= 0.6 is 0 Å². The van der Waals surface area contributed by atoms with E-state index in [0.717, 1.165) is 66.9 Å². The molecule has 2 heterocycles. The molecule has 0 aliphatic carbocycles. The lowest BCUT2D eigenvalue weighted by atomic mass is 9.92. The number of rotatable bonds is 7. The summed E-state index contributed by atoms with van der Waals surface area (Å²) in [5, 5.41) is 0. The standard InChI is InChI=1S/C45H32N4/c1-31-38(23-14-28-46-31)45-48-43(36-24-26-39(32-15-6-2-7-16-32)41(29-36)34-19-10-4-11-20-34)47-44(49-45)37-25-27-40(33-17-8-3-9-18-33)42(30-37)35-21-12-5-13-22-35/h2-30H,1H3. The first-order valence-corrected chi connectivity index (χ1v) is 16.4. The molecule has 8 aromatic rings. The van der Waals surface area contributed by atoms with E-state index in [-0.39, 0.29) is 0 Å². The second-order valence-electron chi connectivity index (χ2n) is 11.9. The SMILES string of the molecule is Cc1ncccc1-c1nc(-c2ccc(-c3ccccc3)c(-c3ccccc3)c2)nc(-c2ccc(-c3ccccc3)c(-c3ccccc3)c2)n1. The third-order valence-electron chi connectivity index (χ3n) is 8.78. The average molecular weight is 629 g/mol. The Morgan fingerprint density at radius 3 is 1.10 bits per heavy atom. The van der Waals surface area contributed by atoms with E-state index in [1.54, 1.807) is 6.20 Å². The zero-order valence-corrected chi connectivity index (χ0v) is 27.0. The summed E-state index contributed by atoms with van der Waals surface area (Å²) >= 11 is 0. The van der Waals surface area contributed by atoms with Crippen molar-refractivity contribution >= 4 is 0 Å². The second-order valence-corrected chi connectivity index (χ2v) is 11.9. The zero-order valence-electron chi connectivity index (χ0n) is 27.0. The third kappa shape index (κ3) is 6.16. The molecule has 0 unspecified atom stereocenters. The highest BCUT2D eigenvalue weighted by atomic mass is 15.0. The highest BCUT2D eigenvalue weighted by Gasteiger charge is 2.18. The number of hydrogen-bond donors (Lipinski definition) is 0. The minimum atomic E-state index is 0.590. The van der Waals surface area contributed by atoms with E-state index in [9.17, 15) is 0 Å². The lowest BCUT2D eigenvalue weighted by Gasteiger charge is -2.15. The van der Waals surface area contributed by atoms with Crippen molar-refractivity contribution in [2.45, 2.75) is 6.92 Å². The molecule has 0 saturated heterocycles. The Morgan fingerprint density at radius 1 is 0.306 bits per heavy atom. The van der Waals surface area contributed by atoms with Gasteiger partial charge < -0.3 is 0 Å². The first-order chi connectivity index (χ1) is 24.2. The molecule has 0 amide bonds. The molecule has 0 N–H and O–H groups in total. The van der Waals surface area contributed by atoms with Crippen LogP contribution in [0.25, 0.3) is 78.7 Å². The predicted octanol–water partition coefficient (Wildman–Crippen LogP) is 11.2. The zero-order chi connectivity index (χ0) is 33.0. The molecule has 0 fully saturated rings. The fraction of sp³-hybridized carbons (Fsp3) is 0.0222. The maximum atomic E-state index is 5.16. The topological polar surface area (TPSA) is 51.6 Å². The number of pyridine rings is 1. The molecule has 6 aromatic carbocycles. The van der Waals surface area contributed by atoms with Crippen LogP contribution in [0.2, 0.25) is 0 Å². The van der Waals surface area contributed by atoms with Crippen LogP contribution in [-0.2, 0) is 0 Å². The molecule has 4 heteroatoms. The quantitative estimate of drug-likeness (QED) is 0.176. The summed E-state index contributed by atoms with van der Waals surface area (Å²) in [5.41, 5.74) is 12.7. The van der Waals surface area contributed by atoms with E-state index in [0.29, 0.717) is 17.5 Å². The number of aryl methyl sites for hydroxylation is 1. The molecular formula is C45H32N4. The van der Waals surface area contributed by atoms with Crippen LogP contribution in [0, 0.1) is 6.92 Å². The largest absolute Gasteiger partial charge is 0.261 e. The van der Waals surface area contributed by atoms with Gasteiger partial charge in [-0.25, -0.2) is 15.0 Å². The van der Waals surface area contributed by atoms with Gasteiger partial charge in [0.15, 0.2) is 17.5 Å². The predicted molar refractivity (Wildman–Crippen MR) is 200 cm³/mol. The fourth-order valence-corrected chi connectivity index (χ4v) is 6.29. The van der Waals surface area contributed by atoms with Crippen molar-refractivity contribution in [2.24, 2.45) is 0 Å². The van der Waals surface area contributed by atoms with Gasteiger partial charge in [-0.3, -0.25) is 4.98 Å². The van der Waals surface area contributed by atoms with E-state index in [2.05, 4.69) is 138 Å². The Hall–Kier alpha value is -6.52. The summed E-state index contributed by atoms with van der Waals surface area (Å²) in [6.45, 7) is 1.99. The number of nitrogens with zero attached hydrogens (tertiary/aromatic N) is 4. The fourth-order valence-electron chi connectivity index (χ4n) is 6.29. The number of hydrogen-bond acceptors (Lipinski definition) is 4. The molecule has 232 valence electrons. The summed E-state index contributed by atoms with van der Waals surface area (Å²) in [7, 11) is 0. The second kappa shape index (κ2) is 13.3. The monoisotopic (exact) mass is 628 g/mol. The van der Waals surface area contributed by atoms with E-state index in [1.807, 2.05) is 43.3 Å². The number of aromatic nitrogens is 4. The average Bonchev–Trinajstić information content (AvgIpc) is 3.19. The Labute approximate surface area is 286 Å². The molecule has 0 radical (unpaired) electrons. The van der Waals surface area contributed by atoms with Crippen LogP contribution in [0.4, 0.5) is 0 Å². The molecule has 49 heavy (non-hydrogen) atoms. The molecule has 8 rings (SSSR count). The van der Waals surface area contributed by atoms with Gasteiger partial charge in [-0.15, -0.1) is 0 Å². The van der Waals surface area contributed by atoms with Crippen LogP contribution in [0.3, 0.4) is 0 Å². The van der Waals surface area contributed by atoms with Crippen LogP contribution in [0.15, 0.2) is 176 Å². The van der Waals surface area contributed by atoms with Gasteiger partial charge in [0.05, 0.1) is 0 Å². The van der Waals surface area contributed by atoms with Crippen molar-refractivity contribution in [3.8, 4) is 78.7 Å². The van der Waals surface area contributed by atoms with Crippen LogP contribution in [-0.4, -0.2) is 19.9 Å². The maximum Gasteiger partial charge on any atom is 0.165 e. The van der Waals surface area contributed by atoms with Gasteiger partial charge in [-0.05, 0) is 75.7 Å². The Kier molecular flexibility index (Phi) is 8.11. The van der Waals surface area contributed by atoms with E-state index in [1.165, 1.54) is 0 Å². The normalized spacial score (nSPS) is 11.0. The van der Waals surface area contributed by atoms with Gasteiger partial charge in [0, 0.05) is 28.6 Å². The molecular weight excluding hydrogens is 597 g/mol. The van der Waals surface area contributed by atoms with Crippen molar-refractivity contribution in [3.63, 3.8) is 0 Å². The third-order valence-corrected chi connectivity index (χ3v) is 8.78.